The summed E-state index contributed by atoms with van der Waals surface area (Å²) in [6.07, 6.45) is 7.94. The highest BCUT2D eigenvalue weighted by Gasteiger charge is 2.24. The summed E-state index contributed by atoms with van der Waals surface area (Å²) in [6, 6.07) is 8.52. The van der Waals surface area contributed by atoms with Crippen molar-refractivity contribution in [2.75, 3.05) is 26.7 Å². The molecule has 1 aliphatic heterocycles. The van der Waals surface area contributed by atoms with Gasteiger partial charge in [0.15, 0.2) is 0 Å². The number of nitrogens with zero attached hydrogens (tertiary/aromatic N) is 4. The first-order valence-electron chi connectivity index (χ1n) is 9.08. The minimum Gasteiger partial charge on any atom is -0.341 e. The number of likely N-dealkylation sites (tertiary alicyclic amines) is 1. The first-order valence-corrected chi connectivity index (χ1v) is 9.08. The van der Waals surface area contributed by atoms with Gasteiger partial charge in [-0.15, -0.1) is 0 Å². The van der Waals surface area contributed by atoms with Crippen LogP contribution in [0, 0.1) is 12.8 Å². The fourth-order valence-corrected chi connectivity index (χ4v) is 3.53. The molecule has 0 saturated carbocycles. The molecular formula is C20H28N4O. The molecule has 3 rings (SSSR count). The van der Waals surface area contributed by atoms with E-state index >= 15 is 0 Å². The van der Waals surface area contributed by atoms with Crippen molar-refractivity contribution in [2.45, 2.75) is 32.9 Å². The van der Waals surface area contributed by atoms with Crippen molar-refractivity contribution in [2.24, 2.45) is 5.92 Å². The number of hydrogen-bond acceptors (Lipinski definition) is 3. The molecule has 0 aliphatic carbocycles. The smallest absolute Gasteiger partial charge is 0.236 e. The van der Waals surface area contributed by atoms with E-state index in [9.17, 15) is 4.79 Å². The van der Waals surface area contributed by atoms with Gasteiger partial charge in [0.2, 0.25) is 5.91 Å². The number of aromatic nitrogens is 2. The lowest BCUT2D eigenvalue weighted by atomic mass is 9.98. The second-order valence-corrected chi connectivity index (χ2v) is 7.27. The normalized spacial score (nSPS) is 17.9. The molecule has 1 aromatic carbocycles. The van der Waals surface area contributed by atoms with Crippen molar-refractivity contribution in [3.63, 3.8) is 0 Å². The van der Waals surface area contributed by atoms with Gasteiger partial charge in [0.05, 0.1) is 12.9 Å². The maximum atomic E-state index is 12.7. The number of piperidine rings is 1. The molecule has 1 saturated heterocycles. The molecule has 25 heavy (non-hydrogen) atoms. The summed E-state index contributed by atoms with van der Waals surface area (Å²) in [5, 5.41) is 0. The van der Waals surface area contributed by atoms with Crippen molar-refractivity contribution in [1.82, 2.24) is 19.4 Å². The molecule has 1 fully saturated rings. The average molecular weight is 340 g/mol. The van der Waals surface area contributed by atoms with Crippen LogP contribution in [0.25, 0.3) is 0 Å². The Balaban J connectivity index is 1.48. The summed E-state index contributed by atoms with van der Waals surface area (Å²) in [4.78, 5) is 20.9. The molecule has 1 aromatic heterocycles. The van der Waals surface area contributed by atoms with Crippen LogP contribution >= 0.6 is 0 Å². The minimum atomic E-state index is 0.241. The third-order valence-electron chi connectivity index (χ3n) is 4.88. The van der Waals surface area contributed by atoms with Crippen LogP contribution in [0.1, 0.15) is 24.0 Å². The first-order chi connectivity index (χ1) is 12.1. The number of carbonyl (C=O) groups is 1. The highest BCUT2D eigenvalue weighted by atomic mass is 16.2. The highest BCUT2D eigenvalue weighted by Crippen LogP contribution is 2.18. The average Bonchev–Trinajstić information content (AvgIpc) is 3.10. The first kappa shape index (κ1) is 17.7. The standard InChI is InChI=1S/C20H28N4O/c1-17-5-7-18(8-6-17)12-22(2)15-20(25)24-10-3-4-19(14-24)13-23-11-9-21-16-23/h5-9,11,16,19H,3-4,10,12-15H2,1-2H3/t19-/m0/s1. The van der Waals surface area contributed by atoms with Crippen LogP contribution in [0.3, 0.4) is 0 Å². The van der Waals surface area contributed by atoms with Crippen molar-refractivity contribution in [3.8, 4) is 0 Å². The third-order valence-corrected chi connectivity index (χ3v) is 4.88. The number of benzene rings is 1. The fraction of sp³-hybridized carbons (Fsp3) is 0.500. The fourth-order valence-electron chi connectivity index (χ4n) is 3.53. The summed E-state index contributed by atoms with van der Waals surface area (Å²) in [6.45, 7) is 6.06. The predicted octanol–water partition coefficient (Wildman–Crippen LogP) is 2.56. The van der Waals surface area contributed by atoms with Crippen molar-refractivity contribution < 1.29 is 4.79 Å². The Morgan fingerprint density at radius 3 is 2.84 bits per heavy atom. The van der Waals surface area contributed by atoms with Crippen molar-refractivity contribution in [1.29, 1.82) is 0 Å². The number of amides is 1. The molecule has 1 atom stereocenters. The Morgan fingerprint density at radius 2 is 2.12 bits per heavy atom. The van der Waals surface area contributed by atoms with Gasteiger partial charge < -0.3 is 9.47 Å². The van der Waals surface area contributed by atoms with Gasteiger partial charge in [-0.3, -0.25) is 9.69 Å². The van der Waals surface area contributed by atoms with E-state index < -0.39 is 0 Å². The van der Waals surface area contributed by atoms with E-state index in [1.54, 1.807) is 0 Å². The molecule has 0 N–H and O–H groups in total. The SMILES string of the molecule is Cc1ccc(CN(C)CC(=O)N2CCC[C@@H](Cn3ccnc3)C2)cc1. The Bertz CT molecular complexity index is 666. The molecule has 0 spiro atoms. The lowest BCUT2D eigenvalue weighted by Gasteiger charge is -2.34. The van der Waals surface area contributed by atoms with Crippen LogP contribution in [0.2, 0.25) is 0 Å². The van der Waals surface area contributed by atoms with Crippen LogP contribution in [-0.2, 0) is 17.9 Å². The van der Waals surface area contributed by atoms with Gasteiger partial charge in [-0.05, 0) is 38.3 Å². The van der Waals surface area contributed by atoms with E-state index in [2.05, 4.69) is 45.6 Å². The number of rotatable bonds is 6. The Hall–Kier alpha value is -2.14. The number of aryl methyl sites for hydroxylation is 1. The molecule has 5 nitrogen and oxygen atoms in total. The summed E-state index contributed by atoms with van der Waals surface area (Å²) < 4.78 is 2.11. The van der Waals surface area contributed by atoms with Crippen LogP contribution in [-0.4, -0.2) is 51.9 Å². The molecule has 134 valence electrons. The maximum absolute atomic E-state index is 12.7. The monoisotopic (exact) mass is 340 g/mol. The lowest BCUT2D eigenvalue weighted by molar-refractivity contribution is -0.134. The van der Waals surface area contributed by atoms with Gasteiger partial charge in [-0.1, -0.05) is 29.8 Å². The molecule has 0 unspecified atom stereocenters. The zero-order valence-corrected chi connectivity index (χ0v) is 15.3. The van der Waals surface area contributed by atoms with E-state index in [-0.39, 0.29) is 5.91 Å². The van der Waals surface area contributed by atoms with Crippen LogP contribution < -0.4 is 0 Å². The largest absolute Gasteiger partial charge is 0.341 e. The summed E-state index contributed by atoms with van der Waals surface area (Å²) >= 11 is 0. The molecule has 0 bridgehead atoms. The Morgan fingerprint density at radius 1 is 1.32 bits per heavy atom. The second kappa shape index (κ2) is 8.30. The van der Waals surface area contributed by atoms with Crippen LogP contribution in [0.15, 0.2) is 43.0 Å². The number of carbonyl (C=O) groups excluding carboxylic acids is 1. The van der Waals surface area contributed by atoms with E-state index in [1.807, 2.05) is 30.7 Å². The van der Waals surface area contributed by atoms with Crippen LogP contribution in [0.5, 0.6) is 0 Å². The van der Waals surface area contributed by atoms with Gasteiger partial charge in [0.1, 0.15) is 0 Å². The van der Waals surface area contributed by atoms with Crippen molar-refractivity contribution >= 4 is 5.91 Å². The second-order valence-electron chi connectivity index (χ2n) is 7.27. The summed E-state index contributed by atoms with van der Waals surface area (Å²) in [5.74, 6) is 0.763. The number of imidazole rings is 1. The Labute approximate surface area is 150 Å². The zero-order valence-electron chi connectivity index (χ0n) is 15.3. The van der Waals surface area contributed by atoms with Gasteiger partial charge in [-0.25, -0.2) is 4.98 Å². The topological polar surface area (TPSA) is 41.4 Å². The third kappa shape index (κ3) is 5.16. The van der Waals surface area contributed by atoms with Gasteiger partial charge >= 0.3 is 0 Å². The molecular weight excluding hydrogens is 312 g/mol. The minimum absolute atomic E-state index is 0.241. The van der Waals surface area contributed by atoms with E-state index in [0.29, 0.717) is 12.5 Å². The number of hydrogen-bond donors (Lipinski definition) is 0. The molecule has 2 heterocycles. The van der Waals surface area contributed by atoms with Crippen LogP contribution in [0.4, 0.5) is 0 Å². The van der Waals surface area contributed by atoms with E-state index in [1.165, 1.54) is 17.5 Å². The summed E-state index contributed by atoms with van der Waals surface area (Å²) in [5.41, 5.74) is 2.51. The zero-order chi connectivity index (χ0) is 17.6. The highest BCUT2D eigenvalue weighted by molar-refractivity contribution is 5.78. The molecule has 0 radical (unpaired) electrons. The van der Waals surface area contributed by atoms with Gasteiger partial charge in [0, 0.05) is 38.6 Å². The predicted molar refractivity (Wildman–Crippen MR) is 99.0 cm³/mol. The van der Waals surface area contributed by atoms with Gasteiger partial charge in [-0.2, -0.15) is 0 Å². The molecule has 2 aromatic rings. The van der Waals surface area contributed by atoms with Gasteiger partial charge in [0.25, 0.3) is 0 Å². The molecule has 1 aliphatic rings. The van der Waals surface area contributed by atoms with E-state index in [0.717, 1.165) is 32.6 Å². The van der Waals surface area contributed by atoms with Crippen molar-refractivity contribution in [3.05, 3.63) is 54.1 Å². The number of likely N-dealkylation sites (N-methyl/N-ethyl adjacent to an activating group) is 1. The molecule has 5 heteroatoms. The Kier molecular flexibility index (Phi) is 5.87. The lowest BCUT2D eigenvalue weighted by Crippen LogP contribution is -2.45. The van der Waals surface area contributed by atoms with E-state index in [4.69, 9.17) is 0 Å². The maximum Gasteiger partial charge on any atom is 0.236 e. The quantitative estimate of drug-likeness (QED) is 0.811. The molecule has 1 amide bonds. The summed E-state index contributed by atoms with van der Waals surface area (Å²) in [7, 11) is 2.02.